The maximum absolute atomic E-state index is 5.21. The van der Waals surface area contributed by atoms with Gasteiger partial charge in [-0.1, -0.05) is 0 Å². The molecule has 0 unspecified atom stereocenters. The molecule has 4 nitrogen and oxygen atoms in total. The molecule has 1 aliphatic heterocycles. The number of hydrogen-bond acceptors (Lipinski definition) is 3. The zero-order valence-electron chi connectivity index (χ0n) is 8.57. The van der Waals surface area contributed by atoms with Crippen LogP contribution in [0, 0.1) is 6.92 Å². The third kappa shape index (κ3) is 1.51. The normalized spacial score (nSPS) is 16.7. The van der Waals surface area contributed by atoms with E-state index in [1.54, 1.807) is 0 Å². The van der Waals surface area contributed by atoms with Crippen LogP contribution in [0.15, 0.2) is 15.1 Å². The molecule has 3 rings (SSSR count). The summed E-state index contributed by atoms with van der Waals surface area (Å²) in [5.41, 5.74) is 2.94. The first kappa shape index (κ1) is 10.7. The van der Waals surface area contributed by atoms with Gasteiger partial charge in [0.25, 0.3) is 0 Å². The number of aromatic nitrogens is 3. The molecule has 84 valence electrons. The van der Waals surface area contributed by atoms with Gasteiger partial charge in [0.05, 0.1) is 24.9 Å². The van der Waals surface area contributed by atoms with Crippen LogP contribution in [0.2, 0.25) is 0 Å². The second-order valence-corrected chi connectivity index (χ2v) is 5.51. The number of nitrogens with zero attached hydrogens (tertiary/aromatic N) is 3. The lowest BCUT2D eigenvalue weighted by molar-refractivity contribution is -0.0268. The van der Waals surface area contributed by atoms with E-state index >= 15 is 0 Å². The van der Waals surface area contributed by atoms with Crippen LogP contribution in [-0.2, 0) is 4.74 Å². The van der Waals surface area contributed by atoms with Crippen molar-refractivity contribution in [1.29, 1.82) is 0 Å². The third-order valence-electron chi connectivity index (χ3n) is 2.71. The molecule has 1 fully saturated rings. The van der Waals surface area contributed by atoms with Gasteiger partial charge in [-0.3, -0.25) is 4.68 Å². The van der Waals surface area contributed by atoms with Crippen molar-refractivity contribution in [1.82, 2.24) is 14.8 Å². The molecular weight excluding hydrogens is 338 g/mol. The van der Waals surface area contributed by atoms with Crippen LogP contribution in [0.25, 0.3) is 11.0 Å². The van der Waals surface area contributed by atoms with Crippen molar-refractivity contribution in [3.05, 3.63) is 20.8 Å². The largest absolute Gasteiger partial charge is 0.377 e. The van der Waals surface area contributed by atoms with Crippen LogP contribution < -0.4 is 0 Å². The maximum atomic E-state index is 5.21. The summed E-state index contributed by atoms with van der Waals surface area (Å²) in [5, 5.41) is 4.54. The van der Waals surface area contributed by atoms with Gasteiger partial charge < -0.3 is 4.74 Å². The molecule has 0 amide bonds. The standard InChI is InChI=1S/C10H9Br2N3O/c1-5-9-10(7(11)2-8(12)13-9)15(14-5)6-3-16-4-6/h2,6H,3-4H2,1H3. The Hall–Kier alpha value is -0.460. The Bertz CT molecular complexity index is 563. The average Bonchev–Trinajstić information content (AvgIpc) is 2.41. The van der Waals surface area contributed by atoms with Gasteiger partial charge in [0.2, 0.25) is 0 Å². The summed E-state index contributed by atoms with van der Waals surface area (Å²) >= 11 is 6.95. The Balaban J connectivity index is 2.29. The second-order valence-electron chi connectivity index (χ2n) is 3.85. The zero-order chi connectivity index (χ0) is 11.3. The number of pyridine rings is 1. The molecule has 0 spiro atoms. The monoisotopic (exact) mass is 345 g/mol. The topological polar surface area (TPSA) is 39.9 Å². The fraction of sp³-hybridized carbons (Fsp3) is 0.400. The highest BCUT2D eigenvalue weighted by Gasteiger charge is 2.25. The van der Waals surface area contributed by atoms with E-state index in [0.29, 0.717) is 6.04 Å². The highest BCUT2D eigenvalue weighted by atomic mass is 79.9. The molecule has 0 atom stereocenters. The van der Waals surface area contributed by atoms with Crippen LogP contribution in [0.4, 0.5) is 0 Å². The van der Waals surface area contributed by atoms with Gasteiger partial charge in [-0.2, -0.15) is 5.10 Å². The van der Waals surface area contributed by atoms with E-state index in [9.17, 15) is 0 Å². The molecule has 0 bridgehead atoms. The van der Waals surface area contributed by atoms with Crippen molar-refractivity contribution >= 4 is 42.9 Å². The van der Waals surface area contributed by atoms with Crippen LogP contribution in [0.3, 0.4) is 0 Å². The number of aryl methyl sites for hydroxylation is 1. The molecule has 3 heterocycles. The van der Waals surface area contributed by atoms with Gasteiger partial charge in [-0.25, -0.2) is 4.98 Å². The predicted molar refractivity (Wildman–Crippen MR) is 67.5 cm³/mol. The van der Waals surface area contributed by atoms with Crippen molar-refractivity contribution < 1.29 is 4.74 Å². The van der Waals surface area contributed by atoms with E-state index in [0.717, 1.165) is 39.0 Å². The molecule has 6 heteroatoms. The smallest absolute Gasteiger partial charge is 0.114 e. The summed E-state index contributed by atoms with van der Waals surface area (Å²) in [4.78, 5) is 4.46. The summed E-state index contributed by atoms with van der Waals surface area (Å²) in [7, 11) is 0. The Kier molecular flexibility index (Phi) is 2.53. The average molecular weight is 347 g/mol. The van der Waals surface area contributed by atoms with Gasteiger partial charge >= 0.3 is 0 Å². The number of rotatable bonds is 1. The Labute approximate surface area is 109 Å². The molecular formula is C10H9Br2N3O. The Morgan fingerprint density at radius 2 is 2.19 bits per heavy atom. The van der Waals surface area contributed by atoms with E-state index in [1.165, 1.54) is 0 Å². The fourth-order valence-corrected chi connectivity index (χ4v) is 3.14. The molecule has 16 heavy (non-hydrogen) atoms. The van der Waals surface area contributed by atoms with E-state index in [1.807, 2.05) is 17.7 Å². The molecule has 0 aromatic carbocycles. The first-order chi connectivity index (χ1) is 7.66. The highest BCUT2D eigenvalue weighted by molar-refractivity contribution is 9.11. The number of fused-ring (bicyclic) bond motifs is 1. The van der Waals surface area contributed by atoms with E-state index < -0.39 is 0 Å². The SMILES string of the molecule is Cc1nn(C2COC2)c2c(Br)cc(Br)nc12. The van der Waals surface area contributed by atoms with Gasteiger partial charge in [0, 0.05) is 4.47 Å². The van der Waals surface area contributed by atoms with E-state index in [4.69, 9.17) is 4.74 Å². The number of ether oxygens (including phenoxy) is 1. The summed E-state index contributed by atoms with van der Waals surface area (Å²) < 4.78 is 9.05. The molecule has 2 aromatic rings. The molecule has 0 saturated carbocycles. The fourth-order valence-electron chi connectivity index (χ4n) is 1.84. The predicted octanol–water partition coefficient (Wildman–Crippen LogP) is 2.84. The lowest BCUT2D eigenvalue weighted by Crippen LogP contribution is -2.31. The molecule has 0 N–H and O–H groups in total. The summed E-state index contributed by atoms with van der Waals surface area (Å²) in [5.74, 6) is 0. The summed E-state index contributed by atoms with van der Waals surface area (Å²) in [6, 6.07) is 2.29. The van der Waals surface area contributed by atoms with Gasteiger partial charge in [-0.15, -0.1) is 0 Å². The lowest BCUT2D eigenvalue weighted by Gasteiger charge is -2.26. The van der Waals surface area contributed by atoms with E-state index in [2.05, 4.69) is 41.9 Å². The molecule has 0 radical (unpaired) electrons. The molecule has 1 saturated heterocycles. The minimum absolute atomic E-state index is 0.343. The van der Waals surface area contributed by atoms with Crippen molar-refractivity contribution in [3.63, 3.8) is 0 Å². The van der Waals surface area contributed by atoms with Gasteiger partial charge in [0.1, 0.15) is 15.6 Å². The van der Waals surface area contributed by atoms with Crippen molar-refractivity contribution in [2.45, 2.75) is 13.0 Å². The van der Waals surface area contributed by atoms with Crippen molar-refractivity contribution in [2.75, 3.05) is 13.2 Å². The Morgan fingerprint density at radius 1 is 1.44 bits per heavy atom. The van der Waals surface area contributed by atoms with Crippen molar-refractivity contribution in [2.24, 2.45) is 0 Å². The summed E-state index contributed by atoms with van der Waals surface area (Å²) in [6.45, 7) is 3.45. The zero-order valence-corrected chi connectivity index (χ0v) is 11.7. The highest BCUT2D eigenvalue weighted by Crippen LogP contribution is 2.31. The second kappa shape index (κ2) is 3.78. The molecule has 2 aromatic heterocycles. The third-order valence-corrected chi connectivity index (χ3v) is 3.72. The molecule has 1 aliphatic rings. The van der Waals surface area contributed by atoms with E-state index in [-0.39, 0.29) is 0 Å². The van der Waals surface area contributed by atoms with Crippen molar-refractivity contribution in [3.8, 4) is 0 Å². The van der Waals surface area contributed by atoms with Crippen LogP contribution in [-0.4, -0.2) is 28.0 Å². The molecule has 0 aliphatic carbocycles. The maximum Gasteiger partial charge on any atom is 0.114 e. The van der Waals surface area contributed by atoms with Gasteiger partial charge in [-0.05, 0) is 44.8 Å². The summed E-state index contributed by atoms with van der Waals surface area (Å²) in [6.07, 6.45) is 0. The minimum atomic E-state index is 0.343. The quantitative estimate of drug-likeness (QED) is 0.745. The van der Waals surface area contributed by atoms with Crippen LogP contribution in [0.1, 0.15) is 11.7 Å². The van der Waals surface area contributed by atoms with Crippen LogP contribution >= 0.6 is 31.9 Å². The first-order valence-electron chi connectivity index (χ1n) is 4.95. The van der Waals surface area contributed by atoms with Gasteiger partial charge in [0.15, 0.2) is 0 Å². The Morgan fingerprint density at radius 3 is 2.81 bits per heavy atom. The minimum Gasteiger partial charge on any atom is -0.377 e. The number of hydrogen-bond donors (Lipinski definition) is 0. The lowest BCUT2D eigenvalue weighted by atomic mass is 10.2. The van der Waals surface area contributed by atoms with Crippen LogP contribution in [0.5, 0.6) is 0 Å². The first-order valence-corrected chi connectivity index (χ1v) is 6.54. The number of halogens is 2.